The van der Waals surface area contributed by atoms with Crippen molar-refractivity contribution in [3.8, 4) is 0 Å². The van der Waals surface area contributed by atoms with E-state index in [0.29, 0.717) is 0 Å². The van der Waals surface area contributed by atoms with E-state index in [1.807, 2.05) is 18.2 Å². The second-order valence-electron chi connectivity index (χ2n) is 2.65. The van der Waals surface area contributed by atoms with Gasteiger partial charge in [0.2, 0.25) is 0 Å². The Labute approximate surface area is 86.4 Å². The highest BCUT2D eigenvalue weighted by molar-refractivity contribution is 5.94. The van der Waals surface area contributed by atoms with E-state index in [2.05, 4.69) is 10.9 Å². The molecule has 78 valence electrons. The number of rotatable bonds is 4. The van der Waals surface area contributed by atoms with Crippen LogP contribution < -0.4 is 10.9 Å². The Bertz CT molecular complexity index is 374. The fraction of sp³-hybridized carbons (Fsp3) is 0. The fourth-order valence-corrected chi connectivity index (χ4v) is 0.844. The summed E-state index contributed by atoms with van der Waals surface area (Å²) in [5.74, 6) is -1.69. The predicted molar refractivity (Wildman–Crippen MR) is 55.0 cm³/mol. The van der Waals surface area contributed by atoms with Crippen molar-refractivity contribution in [3.05, 3.63) is 42.5 Å². The molecule has 0 saturated carbocycles. The Kier molecular flexibility index (Phi) is 3.91. The van der Waals surface area contributed by atoms with Crippen LogP contribution in [0.1, 0.15) is 0 Å². The van der Waals surface area contributed by atoms with Crippen LogP contribution in [0.3, 0.4) is 0 Å². The molecule has 3 N–H and O–H groups in total. The quantitative estimate of drug-likeness (QED) is 0.502. The molecule has 5 nitrogen and oxygen atoms in total. The molecule has 0 radical (unpaired) electrons. The largest absolute Gasteiger partial charge is 0.478 e. The summed E-state index contributed by atoms with van der Waals surface area (Å²) < 4.78 is 0. The number of hydrogen-bond donors (Lipinski definition) is 3. The summed E-state index contributed by atoms with van der Waals surface area (Å²) in [6, 6.07) is 8.99. The molecule has 0 unspecified atom stereocenters. The lowest BCUT2D eigenvalue weighted by Crippen LogP contribution is -2.27. The fourth-order valence-electron chi connectivity index (χ4n) is 0.844. The topological polar surface area (TPSA) is 78.4 Å². The Morgan fingerprint density at radius 2 is 1.80 bits per heavy atom. The first-order chi connectivity index (χ1) is 7.18. The maximum Gasteiger partial charge on any atom is 0.328 e. The number of carbonyl (C=O) groups is 2. The smallest absolute Gasteiger partial charge is 0.328 e. The summed E-state index contributed by atoms with van der Waals surface area (Å²) in [6.45, 7) is 0. The minimum Gasteiger partial charge on any atom is -0.478 e. The summed E-state index contributed by atoms with van der Waals surface area (Å²) in [5.41, 5.74) is 5.66. The number of para-hydroxylation sites is 1. The molecular weight excluding hydrogens is 196 g/mol. The summed E-state index contributed by atoms with van der Waals surface area (Å²) in [7, 11) is 0. The number of nitrogens with one attached hydrogen (secondary N) is 2. The number of aliphatic carboxylic acids is 1. The van der Waals surface area contributed by atoms with E-state index >= 15 is 0 Å². The molecule has 0 aliphatic rings. The molecule has 0 atom stereocenters. The van der Waals surface area contributed by atoms with Gasteiger partial charge in [-0.25, -0.2) is 4.79 Å². The molecule has 0 heterocycles. The van der Waals surface area contributed by atoms with Crippen LogP contribution in [-0.4, -0.2) is 17.0 Å². The molecule has 0 fully saturated rings. The zero-order chi connectivity index (χ0) is 11.1. The van der Waals surface area contributed by atoms with Gasteiger partial charge >= 0.3 is 5.97 Å². The minimum absolute atomic E-state index is 0.527. The van der Waals surface area contributed by atoms with E-state index in [0.717, 1.165) is 17.8 Å². The van der Waals surface area contributed by atoms with E-state index in [9.17, 15) is 9.59 Å². The SMILES string of the molecule is O=C(O)C=CC(=O)NNc1ccccc1. The van der Waals surface area contributed by atoms with Crippen molar-refractivity contribution in [2.75, 3.05) is 5.43 Å². The molecule has 0 bridgehead atoms. The summed E-state index contributed by atoms with van der Waals surface area (Å²) >= 11 is 0. The van der Waals surface area contributed by atoms with E-state index in [-0.39, 0.29) is 0 Å². The van der Waals surface area contributed by atoms with Gasteiger partial charge in [0.05, 0.1) is 5.69 Å². The lowest BCUT2D eigenvalue weighted by atomic mass is 10.3. The molecule has 1 amide bonds. The van der Waals surface area contributed by atoms with Gasteiger partial charge in [0.25, 0.3) is 5.91 Å². The van der Waals surface area contributed by atoms with Crippen molar-refractivity contribution in [3.63, 3.8) is 0 Å². The van der Waals surface area contributed by atoms with Crippen LogP contribution in [-0.2, 0) is 9.59 Å². The Morgan fingerprint density at radius 1 is 1.13 bits per heavy atom. The number of carbonyl (C=O) groups excluding carboxylic acids is 1. The second kappa shape index (κ2) is 5.43. The Hall–Kier alpha value is -2.30. The average molecular weight is 206 g/mol. The number of amides is 1. The highest BCUT2D eigenvalue weighted by atomic mass is 16.4. The third kappa shape index (κ3) is 4.47. The van der Waals surface area contributed by atoms with Gasteiger partial charge in [-0.05, 0) is 12.1 Å². The van der Waals surface area contributed by atoms with Gasteiger partial charge in [-0.15, -0.1) is 0 Å². The zero-order valence-electron chi connectivity index (χ0n) is 7.81. The Morgan fingerprint density at radius 3 is 2.40 bits per heavy atom. The number of carboxylic acid groups (broad SMARTS) is 1. The summed E-state index contributed by atoms with van der Waals surface area (Å²) in [4.78, 5) is 21.1. The molecule has 1 rings (SSSR count). The van der Waals surface area contributed by atoms with Crippen molar-refractivity contribution in [2.45, 2.75) is 0 Å². The van der Waals surface area contributed by atoms with Gasteiger partial charge in [0, 0.05) is 12.2 Å². The summed E-state index contributed by atoms with van der Waals surface area (Å²) in [5, 5.41) is 8.26. The maximum atomic E-state index is 11.0. The molecule has 0 saturated heterocycles. The van der Waals surface area contributed by atoms with Gasteiger partial charge in [-0.1, -0.05) is 18.2 Å². The van der Waals surface area contributed by atoms with Crippen LogP contribution in [0, 0.1) is 0 Å². The van der Waals surface area contributed by atoms with Crippen LogP contribution in [0.25, 0.3) is 0 Å². The van der Waals surface area contributed by atoms with E-state index in [4.69, 9.17) is 5.11 Å². The molecule has 0 aromatic heterocycles. The molecule has 0 aliphatic carbocycles. The van der Waals surface area contributed by atoms with Crippen molar-refractivity contribution in [2.24, 2.45) is 0 Å². The lowest BCUT2D eigenvalue weighted by molar-refractivity contribution is -0.131. The summed E-state index contributed by atoms with van der Waals surface area (Å²) in [6.07, 6.45) is 1.69. The average Bonchev–Trinajstić information content (AvgIpc) is 2.25. The number of anilines is 1. The number of carboxylic acids is 1. The zero-order valence-corrected chi connectivity index (χ0v) is 7.81. The van der Waals surface area contributed by atoms with E-state index in [1.54, 1.807) is 12.1 Å². The number of hydrogen-bond acceptors (Lipinski definition) is 3. The first-order valence-corrected chi connectivity index (χ1v) is 4.20. The van der Waals surface area contributed by atoms with E-state index in [1.165, 1.54) is 0 Å². The van der Waals surface area contributed by atoms with Crippen molar-refractivity contribution >= 4 is 17.6 Å². The van der Waals surface area contributed by atoms with Crippen molar-refractivity contribution < 1.29 is 14.7 Å². The van der Waals surface area contributed by atoms with Crippen LogP contribution in [0.15, 0.2) is 42.5 Å². The minimum atomic E-state index is -1.16. The van der Waals surface area contributed by atoms with Crippen LogP contribution in [0.5, 0.6) is 0 Å². The third-order valence-electron chi connectivity index (χ3n) is 1.48. The number of hydrazine groups is 1. The number of benzene rings is 1. The molecule has 5 heteroatoms. The third-order valence-corrected chi connectivity index (χ3v) is 1.48. The van der Waals surface area contributed by atoms with E-state index < -0.39 is 11.9 Å². The van der Waals surface area contributed by atoms with Crippen LogP contribution in [0.2, 0.25) is 0 Å². The molecule has 0 aliphatic heterocycles. The normalized spacial score (nSPS) is 9.87. The molecule has 15 heavy (non-hydrogen) atoms. The molecule has 1 aromatic rings. The lowest BCUT2D eigenvalue weighted by Gasteiger charge is -2.04. The maximum absolute atomic E-state index is 11.0. The van der Waals surface area contributed by atoms with Gasteiger partial charge < -0.3 is 5.11 Å². The highest BCUT2D eigenvalue weighted by Crippen LogP contribution is 2.02. The van der Waals surface area contributed by atoms with Gasteiger partial charge in [0.1, 0.15) is 0 Å². The molecule has 0 spiro atoms. The predicted octanol–water partition coefficient (Wildman–Crippen LogP) is 0.770. The van der Waals surface area contributed by atoms with Crippen molar-refractivity contribution in [1.29, 1.82) is 0 Å². The first kappa shape index (κ1) is 10.8. The van der Waals surface area contributed by atoms with Gasteiger partial charge in [0.15, 0.2) is 0 Å². The van der Waals surface area contributed by atoms with Gasteiger partial charge in [-0.2, -0.15) is 0 Å². The monoisotopic (exact) mass is 206 g/mol. The Balaban J connectivity index is 2.38. The van der Waals surface area contributed by atoms with Crippen molar-refractivity contribution in [1.82, 2.24) is 5.43 Å². The first-order valence-electron chi connectivity index (χ1n) is 4.20. The molecular formula is C10H10N2O3. The van der Waals surface area contributed by atoms with Crippen LogP contribution >= 0.6 is 0 Å². The van der Waals surface area contributed by atoms with Gasteiger partial charge in [-0.3, -0.25) is 15.6 Å². The molecule has 1 aromatic carbocycles. The standard InChI is InChI=1S/C10H10N2O3/c13-9(6-7-10(14)15)12-11-8-4-2-1-3-5-8/h1-7,11H,(H,12,13)(H,14,15). The highest BCUT2D eigenvalue weighted by Gasteiger charge is 1.95. The van der Waals surface area contributed by atoms with Crippen LogP contribution in [0.4, 0.5) is 5.69 Å². The second-order valence-corrected chi connectivity index (χ2v) is 2.65.